The van der Waals surface area contributed by atoms with Crippen LogP contribution in [0.25, 0.3) is 0 Å². The molecule has 0 spiro atoms. The van der Waals surface area contributed by atoms with Crippen molar-refractivity contribution in [3.05, 3.63) is 42.4 Å². The van der Waals surface area contributed by atoms with Gasteiger partial charge in [-0.15, -0.1) is 0 Å². The van der Waals surface area contributed by atoms with E-state index in [4.69, 9.17) is 4.74 Å². The largest absolute Gasteiger partial charge is 0.444 e. The lowest BCUT2D eigenvalue weighted by Gasteiger charge is -2.24. The molecule has 0 aliphatic rings. The molecule has 2 heterocycles. The van der Waals surface area contributed by atoms with E-state index in [2.05, 4.69) is 15.4 Å². The lowest BCUT2D eigenvalue weighted by Crippen LogP contribution is -2.38. The van der Waals surface area contributed by atoms with Crippen molar-refractivity contribution >= 4 is 17.8 Å². The molecule has 0 atom stereocenters. The number of nitrogens with zero attached hydrogens (tertiary/aromatic N) is 4. The number of hydrogen-bond donors (Lipinski definition) is 1. The van der Waals surface area contributed by atoms with Crippen molar-refractivity contribution in [1.82, 2.24) is 19.7 Å². The zero-order chi connectivity index (χ0) is 19.2. The fourth-order valence-electron chi connectivity index (χ4n) is 2.15. The van der Waals surface area contributed by atoms with E-state index >= 15 is 0 Å². The van der Waals surface area contributed by atoms with E-state index < -0.39 is 11.7 Å². The lowest BCUT2D eigenvalue weighted by atomic mass is 10.2. The second kappa shape index (κ2) is 8.46. The SMILES string of the molecule is CN(CC(=O)Nc1ccn(CCc2ccncc2)n1)C(=O)OC(C)(C)C. The predicted octanol–water partition coefficient (Wildman–Crippen LogP) is 2.33. The van der Waals surface area contributed by atoms with Gasteiger partial charge >= 0.3 is 6.09 Å². The summed E-state index contributed by atoms with van der Waals surface area (Å²) in [5.41, 5.74) is 0.565. The third-order valence-corrected chi connectivity index (χ3v) is 3.37. The Morgan fingerprint density at radius 1 is 1.23 bits per heavy atom. The summed E-state index contributed by atoms with van der Waals surface area (Å²) in [6, 6.07) is 5.63. The van der Waals surface area contributed by atoms with E-state index in [1.807, 2.05) is 12.1 Å². The highest BCUT2D eigenvalue weighted by molar-refractivity contribution is 5.92. The zero-order valence-corrected chi connectivity index (χ0v) is 15.6. The van der Waals surface area contributed by atoms with Crippen molar-refractivity contribution in [2.45, 2.75) is 39.3 Å². The second-order valence-corrected chi connectivity index (χ2v) is 6.95. The minimum atomic E-state index is -0.602. The van der Waals surface area contributed by atoms with E-state index in [1.165, 1.54) is 17.5 Å². The molecule has 0 aromatic carbocycles. The molecule has 0 saturated carbocycles. The molecule has 26 heavy (non-hydrogen) atoms. The van der Waals surface area contributed by atoms with Gasteiger partial charge in [-0.25, -0.2) is 4.79 Å². The van der Waals surface area contributed by atoms with Crippen molar-refractivity contribution in [2.24, 2.45) is 0 Å². The maximum absolute atomic E-state index is 12.1. The maximum atomic E-state index is 12.1. The topological polar surface area (TPSA) is 89.4 Å². The molecular formula is C18H25N5O3. The smallest absolute Gasteiger partial charge is 0.410 e. The molecule has 2 aromatic heterocycles. The molecule has 0 bridgehead atoms. The van der Waals surface area contributed by atoms with Gasteiger partial charge in [-0.05, 0) is 44.9 Å². The van der Waals surface area contributed by atoms with Crippen molar-refractivity contribution < 1.29 is 14.3 Å². The van der Waals surface area contributed by atoms with Crippen LogP contribution >= 0.6 is 0 Å². The van der Waals surface area contributed by atoms with Gasteiger partial charge in [0.2, 0.25) is 5.91 Å². The first-order valence-electron chi connectivity index (χ1n) is 8.39. The Morgan fingerprint density at radius 2 is 1.92 bits per heavy atom. The molecule has 140 valence electrons. The highest BCUT2D eigenvalue weighted by Gasteiger charge is 2.21. The average Bonchev–Trinajstić information content (AvgIpc) is 2.99. The van der Waals surface area contributed by atoms with Crippen LogP contribution in [0.4, 0.5) is 10.6 Å². The Morgan fingerprint density at radius 3 is 2.58 bits per heavy atom. The zero-order valence-electron chi connectivity index (χ0n) is 15.6. The van der Waals surface area contributed by atoms with Crippen LogP contribution in [0.2, 0.25) is 0 Å². The van der Waals surface area contributed by atoms with Gasteiger partial charge in [-0.1, -0.05) is 0 Å². The molecule has 2 amide bonds. The molecule has 8 heteroatoms. The number of ether oxygens (including phenoxy) is 1. The number of aryl methyl sites for hydroxylation is 2. The number of carbonyl (C=O) groups excluding carboxylic acids is 2. The quantitative estimate of drug-likeness (QED) is 0.855. The van der Waals surface area contributed by atoms with Crippen LogP contribution in [0.5, 0.6) is 0 Å². The Labute approximate surface area is 153 Å². The Balaban J connectivity index is 1.80. The van der Waals surface area contributed by atoms with Crippen LogP contribution in [0.3, 0.4) is 0 Å². The summed E-state index contributed by atoms with van der Waals surface area (Å²) in [5.74, 6) is 0.111. The average molecular weight is 359 g/mol. The van der Waals surface area contributed by atoms with Gasteiger partial charge in [0.25, 0.3) is 0 Å². The third-order valence-electron chi connectivity index (χ3n) is 3.37. The van der Waals surface area contributed by atoms with Crippen molar-refractivity contribution in [3.8, 4) is 0 Å². The number of rotatable bonds is 6. The summed E-state index contributed by atoms with van der Waals surface area (Å²) >= 11 is 0. The second-order valence-electron chi connectivity index (χ2n) is 6.95. The number of pyridine rings is 1. The number of aromatic nitrogens is 3. The monoisotopic (exact) mass is 359 g/mol. The number of likely N-dealkylation sites (N-methyl/N-ethyl adjacent to an activating group) is 1. The van der Waals surface area contributed by atoms with Gasteiger partial charge in [0.1, 0.15) is 12.1 Å². The summed E-state index contributed by atoms with van der Waals surface area (Å²) in [4.78, 5) is 29.1. The fraction of sp³-hybridized carbons (Fsp3) is 0.444. The lowest BCUT2D eigenvalue weighted by molar-refractivity contribution is -0.117. The van der Waals surface area contributed by atoms with E-state index in [9.17, 15) is 9.59 Å². The Bertz CT molecular complexity index is 737. The Kier molecular flexibility index (Phi) is 6.32. The van der Waals surface area contributed by atoms with Crippen LogP contribution < -0.4 is 5.32 Å². The van der Waals surface area contributed by atoms with Crippen molar-refractivity contribution in [2.75, 3.05) is 18.9 Å². The highest BCUT2D eigenvalue weighted by atomic mass is 16.6. The molecule has 8 nitrogen and oxygen atoms in total. The summed E-state index contributed by atoms with van der Waals surface area (Å²) in [7, 11) is 1.51. The van der Waals surface area contributed by atoms with E-state index in [0.29, 0.717) is 12.4 Å². The van der Waals surface area contributed by atoms with Gasteiger partial charge in [0.15, 0.2) is 5.82 Å². The molecule has 0 aliphatic heterocycles. The fourth-order valence-corrected chi connectivity index (χ4v) is 2.15. The van der Waals surface area contributed by atoms with Crippen LogP contribution in [0.15, 0.2) is 36.8 Å². The molecule has 0 fully saturated rings. The van der Waals surface area contributed by atoms with E-state index in [-0.39, 0.29) is 12.5 Å². The molecule has 1 N–H and O–H groups in total. The van der Waals surface area contributed by atoms with Gasteiger partial charge in [-0.2, -0.15) is 5.10 Å². The number of carbonyl (C=O) groups is 2. The van der Waals surface area contributed by atoms with Crippen molar-refractivity contribution in [3.63, 3.8) is 0 Å². The summed E-state index contributed by atoms with van der Waals surface area (Å²) in [6.45, 7) is 5.91. The Hall–Kier alpha value is -2.90. The summed E-state index contributed by atoms with van der Waals surface area (Å²) in [6.07, 6.45) is 5.58. The van der Waals surface area contributed by atoms with Gasteiger partial charge in [0, 0.05) is 38.2 Å². The molecule has 0 aliphatic carbocycles. The van der Waals surface area contributed by atoms with Gasteiger partial charge in [-0.3, -0.25) is 14.5 Å². The number of amides is 2. The summed E-state index contributed by atoms with van der Waals surface area (Å²) in [5, 5.41) is 6.99. The van der Waals surface area contributed by atoms with Gasteiger partial charge in [0.05, 0.1) is 0 Å². The maximum Gasteiger partial charge on any atom is 0.410 e. The minimum Gasteiger partial charge on any atom is -0.444 e. The van der Waals surface area contributed by atoms with E-state index in [1.54, 1.807) is 50.1 Å². The van der Waals surface area contributed by atoms with Gasteiger partial charge < -0.3 is 15.0 Å². The first-order valence-corrected chi connectivity index (χ1v) is 8.39. The molecule has 0 saturated heterocycles. The molecule has 2 rings (SSSR count). The first-order chi connectivity index (χ1) is 12.2. The first kappa shape index (κ1) is 19.4. The van der Waals surface area contributed by atoms with E-state index in [0.717, 1.165) is 6.42 Å². The predicted molar refractivity (Wildman–Crippen MR) is 97.7 cm³/mol. The number of nitrogens with one attached hydrogen (secondary N) is 1. The van der Waals surface area contributed by atoms with Crippen LogP contribution in [0.1, 0.15) is 26.3 Å². The normalized spacial score (nSPS) is 11.1. The molecule has 2 aromatic rings. The number of hydrogen-bond acceptors (Lipinski definition) is 5. The van der Waals surface area contributed by atoms with Crippen molar-refractivity contribution in [1.29, 1.82) is 0 Å². The number of anilines is 1. The standard InChI is InChI=1S/C18H25N5O3/c1-18(2,3)26-17(25)22(4)13-16(24)20-15-8-12-23(21-15)11-7-14-5-9-19-10-6-14/h5-6,8-10,12H,7,11,13H2,1-4H3,(H,20,21,24). The summed E-state index contributed by atoms with van der Waals surface area (Å²) < 4.78 is 6.97. The molecule has 0 radical (unpaired) electrons. The van der Waals surface area contributed by atoms with Crippen LogP contribution in [-0.4, -0.2) is 50.9 Å². The van der Waals surface area contributed by atoms with Crippen LogP contribution in [0, 0.1) is 0 Å². The highest BCUT2D eigenvalue weighted by Crippen LogP contribution is 2.09. The third kappa shape index (κ3) is 6.54. The molecular weight excluding hydrogens is 334 g/mol. The molecule has 0 unspecified atom stereocenters. The van der Waals surface area contributed by atoms with Crippen LogP contribution in [-0.2, 0) is 22.5 Å². The minimum absolute atomic E-state index is 0.112.